The van der Waals surface area contributed by atoms with Gasteiger partial charge in [-0.05, 0) is 23.8 Å². The summed E-state index contributed by atoms with van der Waals surface area (Å²) in [7, 11) is 0. The quantitative estimate of drug-likeness (QED) is 0.847. The molecule has 0 spiro atoms. The van der Waals surface area contributed by atoms with Crippen LogP contribution in [0.4, 0.5) is 4.39 Å². The van der Waals surface area contributed by atoms with Gasteiger partial charge in [-0.3, -0.25) is 0 Å². The zero-order valence-corrected chi connectivity index (χ0v) is 8.79. The van der Waals surface area contributed by atoms with Crippen LogP contribution in [0.1, 0.15) is 15.9 Å². The molecule has 2 nitrogen and oxygen atoms in total. The van der Waals surface area contributed by atoms with Crippen LogP contribution in [0.2, 0.25) is 0 Å². The van der Waals surface area contributed by atoms with E-state index in [1.165, 1.54) is 12.1 Å². The smallest absolute Gasteiger partial charge is 0.336 e. The van der Waals surface area contributed by atoms with Crippen LogP contribution in [0.25, 0.3) is 6.08 Å². The van der Waals surface area contributed by atoms with Crippen molar-refractivity contribution in [3.8, 4) is 0 Å². The fraction of sp³-hybridized carbons (Fsp3) is 0.100. The topological polar surface area (TPSA) is 37.3 Å². The first-order chi connectivity index (χ1) is 6.65. The van der Waals surface area contributed by atoms with Gasteiger partial charge in [0.1, 0.15) is 5.82 Å². The van der Waals surface area contributed by atoms with Gasteiger partial charge in [-0.15, -0.1) is 0 Å². The first kappa shape index (κ1) is 10.9. The number of halogens is 2. The van der Waals surface area contributed by atoms with Gasteiger partial charge in [-0.2, -0.15) is 0 Å². The number of carboxylic acids is 1. The van der Waals surface area contributed by atoms with E-state index in [4.69, 9.17) is 5.11 Å². The molecule has 4 heteroatoms. The molecule has 0 bridgehead atoms. The Hall–Kier alpha value is -1.16. The van der Waals surface area contributed by atoms with Crippen molar-refractivity contribution >= 4 is 28.0 Å². The predicted octanol–water partition coefficient (Wildman–Crippen LogP) is 2.93. The normalized spacial score (nSPS) is 10.7. The summed E-state index contributed by atoms with van der Waals surface area (Å²) in [4.78, 5) is 10.7. The molecule has 0 aliphatic rings. The zero-order valence-electron chi connectivity index (χ0n) is 7.21. The van der Waals surface area contributed by atoms with E-state index in [1.807, 2.05) is 0 Å². The molecule has 0 aromatic heterocycles. The maximum atomic E-state index is 12.8. The van der Waals surface area contributed by atoms with Crippen LogP contribution in [-0.4, -0.2) is 16.4 Å². The van der Waals surface area contributed by atoms with Crippen molar-refractivity contribution in [1.82, 2.24) is 0 Å². The lowest BCUT2D eigenvalue weighted by Crippen LogP contribution is -1.99. The third-order valence-corrected chi connectivity index (χ3v) is 2.00. The third-order valence-electron chi connectivity index (χ3n) is 1.63. The fourth-order valence-corrected chi connectivity index (χ4v) is 1.22. The molecule has 0 unspecified atom stereocenters. The summed E-state index contributed by atoms with van der Waals surface area (Å²) in [6.07, 6.45) is 3.28. The first-order valence-corrected chi connectivity index (χ1v) is 5.02. The lowest BCUT2D eigenvalue weighted by atomic mass is 10.1. The SMILES string of the molecule is O=C(O)c1ccc(F)cc1C=CCBr. The van der Waals surface area contributed by atoms with Gasteiger partial charge in [0.2, 0.25) is 0 Å². The number of benzene rings is 1. The minimum absolute atomic E-state index is 0.101. The van der Waals surface area contributed by atoms with Crippen LogP contribution in [0.15, 0.2) is 24.3 Å². The summed E-state index contributed by atoms with van der Waals surface area (Å²) < 4.78 is 12.8. The maximum absolute atomic E-state index is 12.8. The number of aromatic carboxylic acids is 1. The highest BCUT2D eigenvalue weighted by Gasteiger charge is 2.07. The average Bonchev–Trinajstić information content (AvgIpc) is 2.14. The van der Waals surface area contributed by atoms with Gasteiger partial charge in [0, 0.05) is 5.33 Å². The van der Waals surface area contributed by atoms with Crippen molar-refractivity contribution in [2.45, 2.75) is 0 Å². The number of hydrogen-bond donors (Lipinski definition) is 1. The van der Waals surface area contributed by atoms with Crippen LogP contribution in [0.5, 0.6) is 0 Å². The number of rotatable bonds is 3. The lowest BCUT2D eigenvalue weighted by Gasteiger charge is -2.00. The van der Waals surface area contributed by atoms with E-state index in [2.05, 4.69) is 15.9 Å². The summed E-state index contributed by atoms with van der Waals surface area (Å²) >= 11 is 3.16. The molecule has 0 aliphatic carbocycles. The Bertz CT molecular complexity index is 374. The molecule has 1 N–H and O–H groups in total. The van der Waals surface area contributed by atoms with E-state index in [-0.39, 0.29) is 5.56 Å². The maximum Gasteiger partial charge on any atom is 0.336 e. The fourth-order valence-electron chi connectivity index (χ4n) is 1.04. The van der Waals surface area contributed by atoms with Crippen molar-refractivity contribution < 1.29 is 14.3 Å². The van der Waals surface area contributed by atoms with Crippen LogP contribution in [0, 0.1) is 5.82 Å². The molecule has 1 aromatic carbocycles. The highest BCUT2D eigenvalue weighted by molar-refractivity contribution is 9.09. The van der Waals surface area contributed by atoms with Crippen LogP contribution in [0.3, 0.4) is 0 Å². The van der Waals surface area contributed by atoms with Gasteiger partial charge in [0.15, 0.2) is 0 Å². The molecule has 0 aliphatic heterocycles. The molecule has 0 saturated heterocycles. The molecule has 14 heavy (non-hydrogen) atoms. The van der Waals surface area contributed by atoms with Crippen LogP contribution < -0.4 is 0 Å². The Morgan fingerprint density at radius 2 is 2.29 bits per heavy atom. The average molecular weight is 259 g/mol. The van der Waals surface area contributed by atoms with Crippen molar-refractivity contribution in [3.63, 3.8) is 0 Å². The Morgan fingerprint density at radius 3 is 2.86 bits per heavy atom. The Balaban J connectivity index is 3.15. The minimum Gasteiger partial charge on any atom is -0.478 e. The number of allylic oxidation sites excluding steroid dienone is 1. The third kappa shape index (κ3) is 2.67. The molecular weight excluding hydrogens is 251 g/mol. The molecule has 0 fully saturated rings. The Kier molecular flexibility index (Phi) is 3.83. The summed E-state index contributed by atoms with van der Waals surface area (Å²) in [5.74, 6) is -1.50. The second-order valence-electron chi connectivity index (χ2n) is 2.59. The van der Waals surface area contributed by atoms with Crippen molar-refractivity contribution in [3.05, 3.63) is 41.2 Å². The standard InChI is InChI=1S/C10H8BrFO2/c11-5-1-2-7-6-8(12)3-4-9(7)10(13)14/h1-4,6H,5H2,(H,13,14). The van der Waals surface area contributed by atoms with Gasteiger partial charge < -0.3 is 5.11 Å². The molecule has 0 radical (unpaired) electrons. The molecule has 0 heterocycles. The largest absolute Gasteiger partial charge is 0.478 e. The van der Waals surface area contributed by atoms with Gasteiger partial charge in [-0.25, -0.2) is 9.18 Å². The monoisotopic (exact) mass is 258 g/mol. The van der Waals surface area contributed by atoms with Gasteiger partial charge in [0.25, 0.3) is 0 Å². The summed E-state index contributed by atoms with van der Waals surface area (Å²) in [5.41, 5.74) is 0.473. The minimum atomic E-state index is -1.06. The van der Waals surface area contributed by atoms with Gasteiger partial charge in [-0.1, -0.05) is 28.1 Å². The lowest BCUT2D eigenvalue weighted by molar-refractivity contribution is 0.0696. The van der Waals surface area contributed by atoms with Crippen LogP contribution in [-0.2, 0) is 0 Å². The second-order valence-corrected chi connectivity index (χ2v) is 3.24. The molecule has 0 saturated carbocycles. The Labute approximate surface area is 89.2 Å². The number of carboxylic acid groups (broad SMARTS) is 1. The number of carbonyl (C=O) groups is 1. The van der Waals surface area contributed by atoms with Crippen molar-refractivity contribution in [2.75, 3.05) is 5.33 Å². The van der Waals surface area contributed by atoms with Gasteiger partial charge in [0.05, 0.1) is 5.56 Å². The van der Waals surface area contributed by atoms with E-state index in [0.717, 1.165) is 6.07 Å². The summed E-state index contributed by atoms with van der Waals surface area (Å²) in [6, 6.07) is 3.59. The molecule has 0 amide bonds. The highest BCUT2D eigenvalue weighted by Crippen LogP contribution is 2.13. The number of hydrogen-bond acceptors (Lipinski definition) is 1. The molecular formula is C10H8BrFO2. The van der Waals surface area contributed by atoms with E-state index in [1.54, 1.807) is 12.2 Å². The number of alkyl halides is 1. The van der Waals surface area contributed by atoms with Crippen molar-refractivity contribution in [2.24, 2.45) is 0 Å². The van der Waals surface area contributed by atoms with Crippen LogP contribution >= 0.6 is 15.9 Å². The van der Waals surface area contributed by atoms with E-state index < -0.39 is 11.8 Å². The summed E-state index contributed by atoms with van der Waals surface area (Å²) in [6.45, 7) is 0. The molecule has 74 valence electrons. The zero-order chi connectivity index (χ0) is 10.6. The second kappa shape index (κ2) is 4.91. The van der Waals surface area contributed by atoms with E-state index in [9.17, 15) is 9.18 Å². The molecule has 0 atom stereocenters. The van der Waals surface area contributed by atoms with E-state index >= 15 is 0 Å². The summed E-state index contributed by atoms with van der Waals surface area (Å²) in [5, 5.41) is 9.39. The molecule has 1 rings (SSSR count). The predicted molar refractivity (Wildman–Crippen MR) is 56.2 cm³/mol. The van der Waals surface area contributed by atoms with Gasteiger partial charge >= 0.3 is 5.97 Å². The highest BCUT2D eigenvalue weighted by atomic mass is 79.9. The van der Waals surface area contributed by atoms with E-state index in [0.29, 0.717) is 10.9 Å². The Morgan fingerprint density at radius 1 is 1.57 bits per heavy atom. The van der Waals surface area contributed by atoms with Crippen molar-refractivity contribution in [1.29, 1.82) is 0 Å². The molecule has 1 aromatic rings. The first-order valence-electron chi connectivity index (χ1n) is 3.90.